The van der Waals surface area contributed by atoms with E-state index >= 15 is 0 Å². The summed E-state index contributed by atoms with van der Waals surface area (Å²) in [5.74, 6) is -0.297. The van der Waals surface area contributed by atoms with Gasteiger partial charge in [-0.05, 0) is 32.7 Å². The molecule has 1 aliphatic heterocycles. The minimum Gasteiger partial charge on any atom is -0.443 e. The van der Waals surface area contributed by atoms with Gasteiger partial charge in [0.15, 0.2) is 6.23 Å². The first-order valence-electron chi connectivity index (χ1n) is 4.30. The molecule has 1 saturated heterocycles. The summed E-state index contributed by atoms with van der Waals surface area (Å²) >= 11 is 0. The Morgan fingerprint density at radius 2 is 2.33 bits per heavy atom. The van der Waals surface area contributed by atoms with Crippen molar-refractivity contribution < 1.29 is 9.53 Å². The predicted octanol–water partition coefficient (Wildman–Crippen LogP) is 1.21. The molecular weight excluding hydrogens is 154 g/mol. The molecule has 1 atom stereocenters. The second-order valence-corrected chi connectivity index (χ2v) is 3.12. The Kier molecular flexibility index (Phi) is 3.29. The molecule has 0 saturated carbocycles. The molecule has 0 aromatic carbocycles. The molecule has 0 aromatic heterocycles. The number of hydrogen-bond donors (Lipinski definition) is 1. The van der Waals surface area contributed by atoms with Crippen molar-refractivity contribution in [1.82, 2.24) is 5.32 Å². The maximum atomic E-state index is 11.0. The van der Waals surface area contributed by atoms with Crippen LogP contribution in [-0.2, 0) is 9.53 Å². The van der Waals surface area contributed by atoms with E-state index < -0.39 is 0 Å². The third-order valence-electron chi connectivity index (χ3n) is 1.86. The molecule has 0 radical (unpaired) electrons. The molecule has 0 amide bonds. The quantitative estimate of drug-likeness (QED) is 0.498. The van der Waals surface area contributed by atoms with E-state index in [0.717, 1.165) is 19.4 Å². The highest BCUT2D eigenvalue weighted by atomic mass is 16.6. The van der Waals surface area contributed by atoms with E-state index in [2.05, 4.69) is 11.9 Å². The van der Waals surface area contributed by atoms with Crippen LogP contribution in [0.15, 0.2) is 12.2 Å². The lowest BCUT2D eigenvalue weighted by atomic mass is 10.1. The molecule has 0 aromatic rings. The monoisotopic (exact) mass is 169 g/mol. The zero-order valence-electron chi connectivity index (χ0n) is 7.43. The molecule has 0 aliphatic carbocycles. The Morgan fingerprint density at radius 3 is 2.83 bits per heavy atom. The van der Waals surface area contributed by atoms with E-state index in [1.165, 1.54) is 6.42 Å². The molecule has 1 heterocycles. The largest absolute Gasteiger partial charge is 0.443 e. The average Bonchev–Trinajstić information content (AvgIpc) is 2.06. The molecule has 3 heteroatoms. The number of piperidine rings is 1. The number of rotatable bonds is 2. The van der Waals surface area contributed by atoms with E-state index in [9.17, 15) is 4.79 Å². The van der Waals surface area contributed by atoms with Crippen molar-refractivity contribution >= 4 is 5.97 Å². The van der Waals surface area contributed by atoms with Crippen molar-refractivity contribution in [2.45, 2.75) is 32.4 Å². The molecule has 68 valence electrons. The van der Waals surface area contributed by atoms with Gasteiger partial charge in [0.1, 0.15) is 0 Å². The fourth-order valence-corrected chi connectivity index (χ4v) is 1.15. The van der Waals surface area contributed by atoms with Gasteiger partial charge < -0.3 is 4.74 Å². The van der Waals surface area contributed by atoms with E-state index in [-0.39, 0.29) is 12.2 Å². The lowest BCUT2D eigenvalue weighted by Gasteiger charge is -2.23. The Hall–Kier alpha value is -0.830. The Morgan fingerprint density at radius 1 is 1.58 bits per heavy atom. The minimum atomic E-state index is -0.297. The van der Waals surface area contributed by atoms with Gasteiger partial charge in [-0.25, -0.2) is 4.79 Å². The van der Waals surface area contributed by atoms with Crippen molar-refractivity contribution in [2.24, 2.45) is 0 Å². The molecule has 1 aliphatic rings. The van der Waals surface area contributed by atoms with Gasteiger partial charge in [0.25, 0.3) is 0 Å². The number of hydrogen-bond acceptors (Lipinski definition) is 3. The number of ether oxygens (including phenoxy) is 1. The second-order valence-electron chi connectivity index (χ2n) is 3.12. The normalized spacial score (nSPS) is 23.2. The summed E-state index contributed by atoms with van der Waals surface area (Å²) in [6.07, 6.45) is 3.12. The fourth-order valence-electron chi connectivity index (χ4n) is 1.15. The first kappa shape index (κ1) is 9.26. The van der Waals surface area contributed by atoms with Gasteiger partial charge in [-0.3, -0.25) is 5.32 Å². The van der Waals surface area contributed by atoms with Crippen molar-refractivity contribution in [2.75, 3.05) is 6.54 Å². The van der Waals surface area contributed by atoms with Crippen LogP contribution >= 0.6 is 0 Å². The first-order chi connectivity index (χ1) is 5.70. The second kappa shape index (κ2) is 4.26. The van der Waals surface area contributed by atoms with Gasteiger partial charge in [0, 0.05) is 5.57 Å². The van der Waals surface area contributed by atoms with E-state index in [1.54, 1.807) is 6.92 Å². The molecule has 0 bridgehead atoms. The molecule has 1 unspecified atom stereocenters. The molecule has 1 rings (SSSR count). The van der Waals surface area contributed by atoms with Gasteiger partial charge in [-0.15, -0.1) is 0 Å². The van der Waals surface area contributed by atoms with E-state index in [0.29, 0.717) is 5.57 Å². The third-order valence-corrected chi connectivity index (χ3v) is 1.86. The van der Waals surface area contributed by atoms with Crippen LogP contribution in [0.5, 0.6) is 0 Å². The standard InChI is InChI=1S/C9H15NO2/c1-7(2)9(11)12-8-5-3-4-6-10-8/h8,10H,1,3-6H2,2H3. The summed E-state index contributed by atoms with van der Waals surface area (Å²) in [6.45, 7) is 6.11. The fraction of sp³-hybridized carbons (Fsp3) is 0.667. The molecule has 1 N–H and O–H groups in total. The van der Waals surface area contributed by atoms with Crippen LogP contribution in [0.3, 0.4) is 0 Å². The summed E-state index contributed by atoms with van der Waals surface area (Å²) in [6, 6.07) is 0. The maximum absolute atomic E-state index is 11.0. The summed E-state index contributed by atoms with van der Waals surface area (Å²) < 4.78 is 5.10. The van der Waals surface area contributed by atoms with Crippen molar-refractivity contribution in [3.05, 3.63) is 12.2 Å². The van der Waals surface area contributed by atoms with Crippen LogP contribution in [-0.4, -0.2) is 18.7 Å². The van der Waals surface area contributed by atoms with Gasteiger partial charge in [-0.1, -0.05) is 6.58 Å². The average molecular weight is 169 g/mol. The first-order valence-corrected chi connectivity index (χ1v) is 4.30. The Bertz CT molecular complexity index is 183. The van der Waals surface area contributed by atoms with Crippen LogP contribution in [0.2, 0.25) is 0 Å². The van der Waals surface area contributed by atoms with Gasteiger partial charge >= 0.3 is 5.97 Å². The molecule has 0 spiro atoms. The van der Waals surface area contributed by atoms with Crippen molar-refractivity contribution in [3.63, 3.8) is 0 Å². The highest BCUT2D eigenvalue weighted by Gasteiger charge is 2.16. The smallest absolute Gasteiger partial charge is 0.334 e. The zero-order valence-corrected chi connectivity index (χ0v) is 7.43. The highest BCUT2D eigenvalue weighted by Crippen LogP contribution is 2.09. The van der Waals surface area contributed by atoms with Crippen LogP contribution in [0.4, 0.5) is 0 Å². The van der Waals surface area contributed by atoms with Gasteiger partial charge in [-0.2, -0.15) is 0 Å². The van der Waals surface area contributed by atoms with Crippen molar-refractivity contribution in [1.29, 1.82) is 0 Å². The summed E-state index contributed by atoms with van der Waals surface area (Å²) in [4.78, 5) is 11.0. The minimum absolute atomic E-state index is 0.0945. The molecule has 1 fully saturated rings. The zero-order chi connectivity index (χ0) is 8.97. The van der Waals surface area contributed by atoms with E-state index in [1.807, 2.05) is 0 Å². The maximum Gasteiger partial charge on any atom is 0.334 e. The summed E-state index contributed by atoms with van der Waals surface area (Å²) in [7, 11) is 0. The summed E-state index contributed by atoms with van der Waals surface area (Å²) in [5.41, 5.74) is 0.461. The molecule has 12 heavy (non-hydrogen) atoms. The Balaban J connectivity index is 2.29. The SMILES string of the molecule is C=C(C)C(=O)OC1CCCCN1. The lowest BCUT2D eigenvalue weighted by Crippen LogP contribution is -2.37. The van der Waals surface area contributed by atoms with Crippen LogP contribution in [0.25, 0.3) is 0 Å². The number of carbonyl (C=O) groups is 1. The predicted molar refractivity (Wildman–Crippen MR) is 46.5 cm³/mol. The number of nitrogens with one attached hydrogen (secondary N) is 1. The van der Waals surface area contributed by atoms with Crippen LogP contribution < -0.4 is 5.32 Å². The van der Waals surface area contributed by atoms with E-state index in [4.69, 9.17) is 4.74 Å². The third kappa shape index (κ3) is 2.66. The van der Waals surface area contributed by atoms with Crippen LogP contribution in [0.1, 0.15) is 26.2 Å². The number of carbonyl (C=O) groups excluding carboxylic acids is 1. The van der Waals surface area contributed by atoms with Crippen molar-refractivity contribution in [3.8, 4) is 0 Å². The molecular formula is C9H15NO2. The van der Waals surface area contributed by atoms with Gasteiger partial charge in [0.2, 0.25) is 0 Å². The topological polar surface area (TPSA) is 38.3 Å². The molecule has 3 nitrogen and oxygen atoms in total. The lowest BCUT2D eigenvalue weighted by molar-refractivity contribution is -0.146. The van der Waals surface area contributed by atoms with Gasteiger partial charge in [0.05, 0.1) is 0 Å². The number of esters is 1. The summed E-state index contributed by atoms with van der Waals surface area (Å²) in [5, 5.41) is 3.12. The van der Waals surface area contributed by atoms with Crippen LogP contribution in [0, 0.1) is 0 Å². The highest BCUT2D eigenvalue weighted by molar-refractivity contribution is 5.87. The Labute approximate surface area is 72.8 Å².